The van der Waals surface area contributed by atoms with Gasteiger partial charge in [0.1, 0.15) is 0 Å². The van der Waals surface area contributed by atoms with E-state index in [1.165, 1.54) is 6.07 Å². The van der Waals surface area contributed by atoms with E-state index in [4.69, 9.17) is 5.11 Å². The normalized spacial score (nSPS) is 11.3. The molecule has 6 nitrogen and oxygen atoms in total. The number of fused-ring (bicyclic) bond motifs is 1. The van der Waals surface area contributed by atoms with Crippen molar-refractivity contribution < 1.29 is 9.90 Å². The van der Waals surface area contributed by atoms with Gasteiger partial charge in [-0.15, -0.1) is 0 Å². The molecule has 0 aliphatic heterocycles. The number of imidazole rings is 1. The van der Waals surface area contributed by atoms with Gasteiger partial charge < -0.3 is 15.0 Å². The van der Waals surface area contributed by atoms with E-state index in [-0.39, 0.29) is 11.3 Å². The van der Waals surface area contributed by atoms with Gasteiger partial charge in [0.05, 0.1) is 16.6 Å². The number of carboxylic acid groups (broad SMARTS) is 1. The molecule has 6 heteroatoms. The molecule has 0 amide bonds. The average Bonchev–Trinajstić information content (AvgIpc) is 2.69. The summed E-state index contributed by atoms with van der Waals surface area (Å²) in [5.74, 6) is -0.986. The molecule has 0 bridgehead atoms. The van der Waals surface area contributed by atoms with Crippen LogP contribution in [0.3, 0.4) is 0 Å². The minimum absolute atomic E-state index is 0.188. The van der Waals surface area contributed by atoms with Crippen molar-refractivity contribution in [2.45, 2.75) is 19.4 Å². The van der Waals surface area contributed by atoms with Crippen molar-refractivity contribution in [3.05, 3.63) is 34.2 Å². The molecule has 2 N–H and O–H groups in total. The Morgan fingerprint density at radius 1 is 1.35 bits per heavy atom. The number of aromatic amines is 1. The molecule has 0 saturated carbocycles. The number of hydrogen-bond donors (Lipinski definition) is 2. The number of rotatable bonds is 6. The number of hydrogen-bond acceptors (Lipinski definition) is 3. The predicted molar refractivity (Wildman–Crippen MR) is 77.3 cm³/mol. The van der Waals surface area contributed by atoms with E-state index < -0.39 is 5.97 Å². The van der Waals surface area contributed by atoms with Crippen LogP contribution in [0.4, 0.5) is 0 Å². The summed E-state index contributed by atoms with van der Waals surface area (Å²) in [6.07, 6.45) is 1.87. The maximum absolute atomic E-state index is 11.9. The molecular formula is C14H19N3O3. The first-order chi connectivity index (χ1) is 9.49. The number of unbranched alkanes of at least 4 members (excludes halogenated alkanes) is 1. The van der Waals surface area contributed by atoms with Crippen molar-refractivity contribution in [2.24, 2.45) is 0 Å². The van der Waals surface area contributed by atoms with Gasteiger partial charge in [0, 0.05) is 6.54 Å². The number of aryl methyl sites for hydroxylation is 1. The van der Waals surface area contributed by atoms with Crippen molar-refractivity contribution in [2.75, 3.05) is 20.6 Å². The average molecular weight is 277 g/mol. The van der Waals surface area contributed by atoms with Crippen LogP contribution in [-0.2, 0) is 6.54 Å². The molecule has 0 fully saturated rings. The summed E-state index contributed by atoms with van der Waals surface area (Å²) in [6, 6.07) is 4.68. The zero-order valence-corrected chi connectivity index (χ0v) is 11.7. The molecule has 2 rings (SSSR count). The number of carboxylic acids is 1. The number of carbonyl (C=O) groups is 1. The molecule has 0 spiro atoms. The number of H-pyrrole nitrogens is 1. The van der Waals surface area contributed by atoms with Crippen LogP contribution in [0, 0.1) is 0 Å². The molecular weight excluding hydrogens is 258 g/mol. The third-order valence-corrected chi connectivity index (χ3v) is 3.26. The molecule has 0 saturated heterocycles. The Morgan fingerprint density at radius 2 is 2.10 bits per heavy atom. The number of benzene rings is 1. The smallest absolute Gasteiger partial charge is 0.335 e. The summed E-state index contributed by atoms with van der Waals surface area (Å²) < 4.78 is 1.61. The van der Waals surface area contributed by atoms with E-state index >= 15 is 0 Å². The summed E-state index contributed by atoms with van der Waals surface area (Å²) in [5.41, 5.74) is 1.33. The second-order valence-corrected chi connectivity index (χ2v) is 5.13. The summed E-state index contributed by atoms with van der Waals surface area (Å²) in [6.45, 7) is 1.56. The van der Waals surface area contributed by atoms with Crippen LogP contribution < -0.4 is 5.69 Å². The maximum atomic E-state index is 11.9. The molecule has 0 atom stereocenters. The Balaban J connectivity index is 2.23. The van der Waals surface area contributed by atoms with Crippen LogP contribution in [0.2, 0.25) is 0 Å². The zero-order valence-electron chi connectivity index (χ0n) is 11.7. The van der Waals surface area contributed by atoms with Gasteiger partial charge in [0.25, 0.3) is 0 Å². The fourth-order valence-electron chi connectivity index (χ4n) is 2.21. The van der Waals surface area contributed by atoms with E-state index in [0.29, 0.717) is 17.6 Å². The summed E-state index contributed by atoms with van der Waals surface area (Å²) in [5, 5.41) is 9.01. The second kappa shape index (κ2) is 5.92. The molecule has 0 radical (unpaired) electrons. The Bertz CT molecular complexity index is 670. The number of nitrogens with zero attached hydrogens (tertiary/aromatic N) is 2. The van der Waals surface area contributed by atoms with Crippen LogP contribution in [0.15, 0.2) is 23.0 Å². The van der Waals surface area contributed by atoms with Crippen LogP contribution in [0.25, 0.3) is 11.0 Å². The van der Waals surface area contributed by atoms with Gasteiger partial charge in [-0.1, -0.05) is 0 Å². The fourth-order valence-corrected chi connectivity index (χ4v) is 2.21. The van der Waals surface area contributed by atoms with Gasteiger partial charge in [-0.2, -0.15) is 0 Å². The largest absolute Gasteiger partial charge is 0.478 e. The molecule has 1 aromatic carbocycles. The molecule has 0 aliphatic rings. The lowest BCUT2D eigenvalue weighted by Gasteiger charge is -2.09. The standard InChI is InChI=1S/C14H19N3O3/c1-16(2)7-3-4-8-17-12-9-10(13(18)19)5-6-11(12)15-14(17)20/h5-6,9H,3-4,7-8H2,1-2H3,(H,15,20)(H,18,19). The monoisotopic (exact) mass is 277 g/mol. The lowest BCUT2D eigenvalue weighted by atomic mass is 10.2. The Labute approximate surface area is 116 Å². The first kappa shape index (κ1) is 14.3. The highest BCUT2D eigenvalue weighted by Gasteiger charge is 2.10. The van der Waals surface area contributed by atoms with Crippen molar-refractivity contribution in [1.82, 2.24) is 14.5 Å². The molecule has 108 valence electrons. The molecule has 0 aliphatic carbocycles. The van der Waals surface area contributed by atoms with Gasteiger partial charge >= 0.3 is 11.7 Å². The second-order valence-electron chi connectivity index (χ2n) is 5.13. The molecule has 0 unspecified atom stereocenters. The van der Waals surface area contributed by atoms with Crippen LogP contribution in [-0.4, -0.2) is 46.2 Å². The van der Waals surface area contributed by atoms with Gasteiger partial charge in [-0.05, 0) is 51.7 Å². The van der Waals surface area contributed by atoms with Crippen molar-refractivity contribution in [1.29, 1.82) is 0 Å². The van der Waals surface area contributed by atoms with Gasteiger partial charge in [0.15, 0.2) is 0 Å². The summed E-state index contributed by atoms with van der Waals surface area (Å²) >= 11 is 0. The van der Waals surface area contributed by atoms with Crippen LogP contribution in [0.5, 0.6) is 0 Å². The van der Waals surface area contributed by atoms with E-state index in [1.807, 2.05) is 14.1 Å². The highest BCUT2D eigenvalue weighted by molar-refractivity contribution is 5.92. The van der Waals surface area contributed by atoms with E-state index in [9.17, 15) is 9.59 Å². The highest BCUT2D eigenvalue weighted by atomic mass is 16.4. The van der Waals surface area contributed by atoms with E-state index in [1.54, 1.807) is 16.7 Å². The maximum Gasteiger partial charge on any atom is 0.335 e. The van der Waals surface area contributed by atoms with E-state index in [2.05, 4.69) is 9.88 Å². The summed E-state index contributed by atoms with van der Waals surface area (Å²) in [4.78, 5) is 27.7. The van der Waals surface area contributed by atoms with Crippen LogP contribution >= 0.6 is 0 Å². The van der Waals surface area contributed by atoms with Crippen molar-refractivity contribution in [3.8, 4) is 0 Å². The third kappa shape index (κ3) is 3.08. The number of aromatic nitrogens is 2. The van der Waals surface area contributed by atoms with E-state index in [0.717, 1.165) is 19.4 Å². The van der Waals surface area contributed by atoms with Crippen molar-refractivity contribution in [3.63, 3.8) is 0 Å². The highest BCUT2D eigenvalue weighted by Crippen LogP contribution is 2.13. The number of nitrogens with one attached hydrogen (secondary N) is 1. The predicted octanol–water partition coefficient (Wildman–Crippen LogP) is 1.37. The number of aromatic carboxylic acids is 1. The first-order valence-electron chi connectivity index (χ1n) is 6.59. The topological polar surface area (TPSA) is 78.3 Å². The summed E-state index contributed by atoms with van der Waals surface area (Å²) in [7, 11) is 4.02. The SMILES string of the molecule is CN(C)CCCCn1c(=O)[nH]c2ccc(C(=O)O)cc21. The quantitative estimate of drug-likeness (QED) is 0.782. The molecule has 20 heavy (non-hydrogen) atoms. The Morgan fingerprint density at radius 3 is 2.75 bits per heavy atom. The first-order valence-corrected chi connectivity index (χ1v) is 6.59. The minimum Gasteiger partial charge on any atom is -0.478 e. The zero-order chi connectivity index (χ0) is 14.7. The third-order valence-electron chi connectivity index (χ3n) is 3.26. The Kier molecular flexibility index (Phi) is 4.24. The minimum atomic E-state index is -0.986. The lowest BCUT2D eigenvalue weighted by molar-refractivity contribution is 0.0697. The van der Waals surface area contributed by atoms with Gasteiger partial charge in [-0.25, -0.2) is 9.59 Å². The Hall–Kier alpha value is -2.08. The van der Waals surface area contributed by atoms with Crippen molar-refractivity contribution >= 4 is 17.0 Å². The fraction of sp³-hybridized carbons (Fsp3) is 0.429. The lowest BCUT2D eigenvalue weighted by Crippen LogP contribution is -2.18. The van der Waals surface area contributed by atoms with Gasteiger partial charge in [-0.3, -0.25) is 4.57 Å². The molecule has 1 heterocycles. The molecule has 2 aromatic rings. The molecule has 1 aromatic heterocycles. The van der Waals surface area contributed by atoms with Crippen LogP contribution in [0.1, 0.15) is 23.2 Å². The van der Waals surface area contributed by atoms with Gasteiger partial charge in [0.2, 0.25) is 0 Å².